The molecule has 1 aromatic carbocycles. The van der Waals surface area contributed by atoms with Gasteiger partial charge in [0, 0.05) is 25.3 Å². The van der Waals surface area contributed by atoms with Crippen LogP contribution in [-0.4, -0.2) is 33.0 Å². The molecular weight excluding hydrogens is 242 g/mol. The lowest BCUT2D eigenvalue weighted by Gasteiger charge is -2.16. The Hall–Kier alpha value is -1.26. The van der Waals surface area contributed by atoms with Gasteiger partial charge in [-0.1, -0.05) is 12.1 Å². The fourth-order valence-corrected chi connectivity index (χ4v) is 1.95. The highest BCUT2D eigenvalue weighted by atomic mass is 16.5. The average Bonchev–Trinajstić information content (AvgIpc) is 2.40. The van der Waals surface area contributed by atoms with Crippen molar-refractivity contribution in [3.63, 3.8) is 0 Å². The van der Waals surface area contributed by atoms with Gasteiger partial charge >= 0.3 is 0 Å². The first kappa shape index (κ1) is 15.8. The first-order chi connectivity index (χ1) is 9.22. The number of hydrogen-bond donors (Lipinski definition) is 1. The number of benzene rings is 1. The summed E-state index contributed by atoms with van der Waals surface area (Å²) in [6.07, 6.45) is 0.214. The molecule has 19 heavy (non-hydrogen) atoms. The van der Waals surface area contributed by atoms with Crippen LogP contribution < -0.4 is 14.8 Å². The highest BCUT2D eigenvalue weighted by molar-refractivity contribution is 5.46. The number of para-hydroxylation sites is 1. The topological polar surface area (TPSA) is 39.7 Å². The van der Waals surface area contributed by atoms with Crippen molar-refractivity contribution in [1.29, 1.82) is 0 Å². The van der Waals surface area contributed by atoms with E-state index in [4.69, 9.17) is 14.2 Å². The first-order valence-corrected chi connectivity index (χ1v) is 6.83. The van der Waals surface area contributed by atoms with Crippen LogP contribution in [0.5, 0.6) is 11.5 Å². The summed E-state index contributed by atoms with van der Waals surface area (Å²) < 4.78 is 16.5. The zero-order valence-electron chi connectivity index (χ0n) is 12.4. The van der Waals surface area contributed by atoms with Crippen LogP contribution in [0.1, 0.15) is 26.3 Å². The number of rotatable bonds is 9. The van der Waals surface area contributed by atoms with Crippen LogP contribution in [0.25, 0.3) is 0 Å². The van der Waals surface area contributed by atoms with E-state index in [9.17, 15) is 0 Å². The molecular formula is C15H25NO3. The van der Waals surface area contributed by atoms with Crippen LogP contribution >= 0.6 is 0 Å². The average molecular weight is 267 g/mol. The second-order valence-corrected chi connectivity index (χ2v) is 4.28. The van der Waals surface area contributed by atoms with Crippen molar-refractivity contribution in [1.82, 2.24) is 5.32 Å². The predicted octanol–water partition coefficient (Wildman–Crippen LogP) is 2.61. The molecule has 0 saturated carbocycles. The maximum atomic E-state index is 5.56. The quantitative estimate of drug-likeness (QED) is 0.746. The van der Waals surface area contributed by atoms with Crippen LogP contribution in [0, 0.1) is 0 Å². The Balaban J connectivity index is 2.59. The molecule has 1 aromatic rings. The van der Waals surface area contributed by atoms with E-state index < -0.39 is 0 Å². The van der Waals surface area contributed by atoms with E-state index in [1.807, 2.05) is 32.0 Å². The number of methoxy groups -OCH3 is 1. The second-order valence-electron chi connectivity index (χ2n) is 4.28. The lowest BCUT2D eigenvalue weighted by Crippen LogP contribution is -2.26. The molecule has 0 radical (unpaired) electrons. The van der Waals surface area contributed by atoms with Gasteiger partial charge in [0.2, 0.25) is 0 Å². The molecule has 0 fully saturated rings. The summed E-state index contributed by atoms with van der Waals surface area (Å²) in [5, 5.41) is 3.37. The van der Waals surface area contributed by atoms with E-state index in [0.717, 1.165) is 36.8 Å². The lowest BCUT2D eigenvalue weighted by atomic mass is 10.2. The Labute approximate surface area is 116 Å². The fraction of sp³-hybridized carbons (Fsp3) is 0.600. The van der Waals surface area contributed by atoms with E-state index in [0.29, 0.717) is 6.61 Å². The van der Waals surface area contributed by atoms with E-state index in [1.165, 1.54) is 0 Å². The number of nitrogens with one attached hydrogen (secondary N) is 1. The minimum absolute atomic E-state index is 0.214. The molecule has 0 saturated heterocycles. The van der Waals surface area contributed by atoms with Gasteiger partial charge in [-0.25, -0.2) is 0 Å². The molecule has 4 nitrogen and oxygen atoms in total. The zero-order chi connectivity index (χ0) is 14.1. The van der Waals surface area contributed by atoms with Crippen LogP contribution in [0.15, 0.2) is 18.2 Å². The van der Waals surface area contributed by atoms with Crippen LogP contribution in [0.3, 0.4) is 0 Å². The van der Waals surface area contributed by atoms with E-state index in [-0.39, 0.29) is 6.10 Å². The number of hydrogen-bond acceptors (Lipinski definition) is 4. The van der Waals surface area contributed by atoms with Gasteiger partial charge in [0.1, 0.15) is 0 Å². The van der Waals surface area contributed by atoms with E-state index in [1.54, 1.807) is 7.11 Å². The van der Waals surface area contributed by atoms with Gasteiger partial charge in [0.15, 0.2) is 11.5 Å². The largest absolute Gasteiger partial charge is 0.493 e. The molecule has 0 heterocycles. The van der Waals surface area contributed by atoms with Gasteiger partial charge in [-0.05, 0) is 26.8 Å². The van der Waals surface area contributed by atoms with Gasteiger partial charge < -0.3 is 19.5 Å². The minimum atomic E-state index is 0.214. The Morgan fingerprint density at radius 1 is 1.21 bits per heavy atom. The molecule has 0 aromatic heterocycles. The van der Waals surface area contributed by atoms with Crippen molar-refractivity contribution in [3.05, 3.63) is 23.8 Å². The summed E-state index contributed by atoms with van der Waals surface area (Å²) >= 11 is 0. The van der Waals surface area contributed by atoms with Crippen molar-refractivity contribution < 1.29 is 14.2 Å². The smallest absolute Gasteiger partial charge is 0.165 e. The summed E-state index contributed by atoms with van der Waals surface area (Å²) in [4.78, 5) is 0. The Morgan fingerprint density at radius 3 is 2.63 bits per heavy atom. The molecule has 0 aliphatic rings. The molecule has 1 N–H and O–H groups in total. The van der Waals surface area contributed by atoms with Crippen molar-refractivity contribution in [2.75, 3.05) is 26.9 Å². The van der Waals surface area contributed by atoms with Crippen molar-refractivity contribution in [2.24, 2.45) is 0 Å². The fourth-order valence-electron chi connectivity index (χ4n) is 1.95. The van der Waals surface area contributed by atoms with Gasteiger partial charge in [-0.3, -0.25) is 0 Å². The highest BCUT2D eigenvalue weighted by Gasteiger charge is 2.10. The van der Waals surface area contributed by atoms with Gasteiger partial charge in [-0.15, -0.1) is 0 Å². The maximum absolute atomic E-state index is 5.56. The second kappa shape index (κ2) is 8.77. The third-order valence-electron chi connectivity index (χ3n) is 2.76. The van der Waals surface area contributed by atoms with Crippen molar-refractivity contribution >= 4 is 0 Å². The normalized spacial score (nSPS) is 12.2. The molecule has 0 spiro atoms. The molecule has 0 bridgehead atoms. The maximum Gasteiger partial charge on any atom is 0.165 e. The summed E-state index contributed by atoms with van der Waals surface area (Å²) in [7, 11) is 1.67. The molecule has 1 rings (SSSR count). The van der Waals surface area contributed by atoms with Crippen LogP contribution in [0.2, 0.25) is 0 Å². The lowest BCUT2D eigenvalue weighted by molar-refractivity contribution is 0.0759. The molecule has 0 aliphatic carbocycles. The van der Waals surface area contributed by atoms with E-state index >= 15 is 0 Å². The minimum Gasteiger partial charge on any atom is -0.493 e. The summed E-state index contributed by atoms with van der Waals surface area (Å²) in [6, 6.07) is 5.95. The molecule has 0 aliphatic heterocycles. The van der Waals surface area contributed by atoms with Crippen LogP contribution in [0.4, 0.5) is 0 Å². The van der Waals surface area contributed by atoms with Crippen LogP contribution in [-0.2, 0) is 11.3 Å². The van der Waals surface area contributed by atoms with Gasteiger partial charge in [0.25, 0.3) is 0 Å². The molecule has 1 atom stereocenters. The van der Waals surface area contributed by atoms with Gasteiger partial charge in [0.05, 0.1) is 19.8 Å². The monoisotopic (exact) mass is 267 g/mol. The summed E-state index contributed by atoms with van der Waals surface area (Å²) in [6.45, 7) is 8.96. The number of ether oxygens (including phenoxy) is 3. The standard InChI is InChI=1S/C15H25NO3/c1-5-18-12(3)10-16-11-13-8-7-9-14(19-6-2)15(13)17-4/h7-9,12,16H,5-6,10-11H2,1-4H3. The zero-order valence-corrected chi connectivity index (χ0v) is 12.4. The SMILES string of the molecule is CCOc1cccc(CNCC(C)OCC)c1OC. The third kappa shape index (κ3) is 5.09. The van der Waals surface area contributed by atoms with E-state index in [2.05, 4.69) is 12.2 Å². The molecule has 0 amide bonds. The van der Waals surface area contributed by atoms with Gasteiger partial charge in [-0.2, -0.15) is 0 Å². The Kier molecular flexibility index (Phi) is 7.30. The predicted molar refractivity (Wildman–Crippen MR) is 77.0 cm³/mol. The summed E-state index contributed by atoms with van der Waals surface area (Å²) in [5.74, 6) is 1.60. The van der Waals surface area contributed by atoms with Crippen molar-refractivity contribution in [3.8, 4) is 11.5 Å². The molecule has 108 valence electrons. The summed E-state index contributed by atoms with van der Waals surface area (Å²) in [5.41, 5.74) is 1.09. The Morgan fingerprint density at radius 2 is 2.00 bits per heavy atom. The third-order valence-corrected chi connectivity index (χ3v) is 2.76. The first-order valence-electron chi connectivity index (χ1n) is 6.83. The molecule has 1 unspecified atom stereocenters. The Bertz CT molecular complexity index is 368. The molecule has 4 heteroatoms. The highest BCUT2D eigenvalue weighted by Crippen LogP contribution is 2.30. The van der Waals surface area contributed by atoms with Crippen molar-refractivity contribution in [2.45, 2.75) is 33.4 Å².